The van der Waals surface area contributed by atoms with Crippen LogP contribution in [0.4, 0.5) is 0 Å². The third kappa shape index (κ3) is 4.22. The van der Waals surface area contributed by atoms with Crippen molar-refractivity contribution in [2.24, 2.45) is 4.99 Å². The van der Waals surface area contributed by atoms with Crippen LogP contribution in [0.25, 0.3) is 11.4 Å². The number of benzene rings is 2. The molecule has 0 saturated carbocycles. The van der Waals surface area contributed by atoms with Gasteiger partial charge in [0.2, 0.25) is 6.79 Å². The Morgan fingerprint density at radius 2 is 2.04 bits per heavy atom. The van der Waals surface area contributed by atoms with E-state index in [-0.39, 0.29) is 6.79 Å². The molecule has 8 heteroatoms. The lowest BCUT2D eigenvalue weighted by Gasteiger charge is -2.12. The summed E-state index contributed by atoms with van der Waals surface area (Å²) in [7, 11) is 0. The van der Waals surface area contributed by atoms with Crippen molar-refractivity contribution in [1.82, 2.24) is 25.8 Å². The van der Waals surface area contributed by atoms with Gasteiger partial charge in [0.1, 0.15) is 6.33 Å². The Morgan fingerprint density at radius 3 is 2.89 bits per heavy atom. The average molecular weight is 378 g/mol. The Hall–Kier alpha value is -3.55. The topological polar surface area (TPSA) is 96.5 Å². The van der Waals surface area contributed by atoms with Gasteiger partial charge in [-0.3, -0.25) is 5.10 Å². The standard InChI is InChI=1S/C20H22N6O2/c1-2-21-20(23-11-15-6-7-17-18(9-15)28-13-27-17)22-10-14-4-3-5-16(8-14)19-24-12-25-26-19/h3-9,12H,2,10-11,13H2,1H3,(H2,21,22,23)(H,24,25,26). The fourth-order valence-corrected chi connectivity index (χ4v) is 2.91. The maximum Gasteiger partial charge on any atom is 0.231 e. The van der Waals surface area contributed by atoms with E-state index in [0.29, 0.717) is 13.1 Å². The lowest BCUT2D eigenvalue weighted by atomic mass is 10.1. The molecule has 28 heavy (non-hydrogen) atoms. The quantitative estimate of drug-likeness (QED) is 0.450. The van der Waals surface area contributed by atoms with Crippen LogP contribution in [0, 0.1) is 0 Å². The van der Waals surface area contributed by atoms with Crippen molar-refractivity contribution in [2.45, 2.75) is 20.0 Å². The Morgan fingerprint density at radius 1 is 1.11 bits per heavy atom. The summed E-state index contributed by atoms with van der Waals surface area (Å²) in [6.45, 7) is 4.30. The highest BCUT2D eigenvalue weighted by Crippen LogP contribution is 2.32. The molecule has 0 atom stereocenters. The molecular formula is C20H22N6O2. The van der Waals surface area contributed by atoms with Gasteiger partial charge in [0, 0.05) is 18.7 Å². The fraction of sp³-hybridized carbons (Fsp3) is 0.250. The van der Waals surface area contributed by atoms with E-state index < -0.39 is 0 Å². The third-order valence-electron chi connectivity index (χ3n) is 4.28. The second-order valence-corrected chi connectivity index (χ2v) is 6.27. The van der Waals surface area contributed by atoms with E-state index in [9.17, 15) is 0 Å². The number of H-pyrrole nitrogens is 1. The van der Waals surface area contributed by atoms with Gasteiger partial charge in [-0.2, -0.15) is 5.10 Å². The average Bonchev–Trinajstić information content (AvgIpc) is 3.42. The van der Waals surface area contributed by atoms with Crippen molar-refractivity contribution in [2.75, 3.05) is 13.3 Å². The smallest absolute Gasteiger partial charge is 0.231 e. The van der Waals surface area contributed by atoms with E-state index >= 15 is 0 Å². The van der Waals surface area contributed by atoms with E-state index in [1.165, 1.54) is 6.33 Å². The number of fused-ring (bicyclic) bond motifs is 1. The summed E-state index contributed by atoms with van der Waals surface area (Å²) >= 11 is 0. The summed E-state index contributed by atoms with van der Waals surface area (Å²) < 4.78 is 10.8. The molecule has 2 heterocycles. The Bertz CT molecular complexity index is 955. The van der Waals surface area contributed by atoms with E-state index in [2.05, 4.69) is 36.9 Å². The predicted molar refractivity (Wildman–Crippen MR) is 106 cm³/mol. The van der Waals surface area contributed by atoms with Crippen LogP contribution in [0.3, 0.4) is 0 Å². The van der Waals surface area contributed by atoms with Crippen LogP contribution in [-0.2, 0) is 13.1 Å². The molecule has 144 valence electrons. The normalized spacial score (nSPS) is 12.8. The summed E-state index contributed by atoms with van der Waals surface area (Å²) in [4.78, 5) is 8.88. The molecular weight excluding hydrogens is 356 g/mol. The molecule has 0 spiro atoms. The molecule has 1 aromatic heterocycles. The molecule has 0 amide bonds. The molecule has 0 radical (unpaired) electrons. The second kappa shape index (κ2) is 8.43. The Kier molecular flexibility index (Phi) is 5.37. The number of aromatic amines is 1. The number of guanidine groups is 1. The minimum atomic E-state index is 0.281. The van der Waals surface area contributed by atoms with Gasteiger partial charge in [-0.1, -0.05) is 24.3 Å². The van der Waals surface area contributed by atoms with Gasteiger partial charge in [-0.05, 0) is 36.2 Å². The highest BCUT2D eigenvalue weighted by molar-refractivity contribution is 5.79. The Labute approximate surface area is 163 Å². The molecule has 0 unspecified atom stereocenters. The predicted octanol–water partition coefficient (Wildman–Crippen LogP) is 2.46. The van der Waals surface area contributed by atoms with Crippen LogP contribution in [0.15, 0.2) is 53.8 Å². The highest BCUT2D eigenvalue weighted by atomic mass is 16.7. The van der Waals surface area contributed by atoms with Crippen LogP contribution in [-0.4, -0.2) is 34.5 Å². The van der Waals surface area contributed by atoms with Crippen molar-refractivity contribution in [3.05, 3.63) is 59.9 Å². The number of ether oxygens (including phenoxy) is 2. The molecule has 1 aliphatic heterocycles. The minimum absolute atomic E-state index is 0.281. The fourth-order valence-electron chi connectivity index (χ4n) is 2.91. The van der Waals surface area contributed by atoms with E-state index in [1.54, 1.807) is 0 Å². The summed E-state index contributed by atoms with van der Waals surface area (Å²) in [5.74, 6) is 3.07. The Balaban J connectivity index is 1.41. The molecule has 2 aromatic carbocycles. The number of nitrogens with one attached hydrogen (secondary N) is 3. The molecule has 0 bridgehead atoms. The van der Waals surface area contributed by atoms with Gasteiger partial charge >= 0.3 is 0 Å². The van der Waals surface area contributed by atoms with E-state index in [1.807, 2.05) is 43.3 Å². The van der Waals surface area contributed by atoms with Crippen LogP contribution >= 0.6 is 0 Å². The van der Waals surface area contributed by atoms with Gasteiger partial charge in [-0.25, -0.2) is 9.98 Å². The molecule has 0 saturated heterocycles. The van der Waals surface area contributed by atoms with Crippen molar-refractivity contribution >= 4 is 5.96 Å². The summed E-state index contributed by atoms with van der Waals surface area (Å²) in [5, 5.41) is 13.4. The SMILES string of the molecule is CCNC(=NCc1cccc(-c2ncn[nH]2)c1)NCc1ccc2c(c1)OCO2. The van der Waals surface area contributed by atoms with E-state index in [0.717, 1.165) is 46.5 Å². The summed E-state index contributed by atoms with van der Waals surface area (Å²) in [5.41, 5.74) is 3.18. The number of aromatic nitrogens is 3. The lowest BCUT2D eigenvalue weighted by molar-refractivity contribution is 0.174. The van der Waals surface area contributed by atoms with E-state index in [4.69, 9.17) is 9.47 Å². The molecule has 4 rings (SSSR count). The van der Waals surface area contributed by atoms with Crippen LogP contribution in [0.2, 0.25) is 0 Å². The van der Waals surface area contributed by atoms with Crippen LogP contribution in [0.5, 0.6) is 11.5 Å². The first-order chi connectivity index (χ1) is 13.8. The van der Waals surface area contributed by atoms with Gasteiger partial charge in [-0.15, -0.1) is 0 Å². The van der Waals surface area contributed by atoms with Gasteiger partial charge in [0.25, 0.3) is 0 Å². The monoisotopic (exact) mass is 378 g/mol. The zero-order chi connectivity index (χ0) is 19.2. The number of hydrogen-bond acceptors (Lipinski definition) is 5. The maximum absolute atomic E-state index is 5.43. The molecule has 3 N–H and O–H groups in total. The maximum atomic E-state index is 5.43. The summed E-state index contributed by atoms with van der Waals surface area (Å²) in [6.07, 6.45) is 1.50. The van der Waals surface area contributed by atoms with Crippen LogP contribution in [0.1, 0.15) is 18.1 Å². The number of hydrogen-bond donors (Lipinski definition) is 3. The second-order valence-electron chi connectivity index (χ2n) is 6.27. The minimum Gasteiger partial charge on any atom is -0.454 e. The molecule has 0 aliphatic carbocycles. The first kappa shape index (κ1) is 17.8. The molecule has 8 nitrogen and oxygen atoms in total. The third-order valence-corrected chi connectivity index (χ3v) is 4.28. The molecule has 0 fully saturated rings. The first-order valence-electron chi connectivity index (χ1n) is 9.17. The zero-order valence-corrected chi connectivity index (χ0v) is 15.6. The van der Waals surface area contributed by atoms with Gasteiger partial charge in [0.05, 0.1) is 6.54 Å². The number of nitrogens with zero attached hydrogens (tertiary/aromatic N) is 3. The first-order valence-corrected chi connectivity index (χ1v) is 9.17. The van der Waals surface area contributed by atoms with Crippen molar-refractivity contribution < 1.29 is 9.47 Å². The number of rotatable bonds is 6. The van der Waals surface area contributed by atoms with Crippen molar-refractivity contribution in [3.63, 3.8) is 0 Å². The largest absolute Gasteiger partial charge is 0.454 e. The highest BCUT2D eigenvalue weighted by Gasteiger charge is 2.13. The van der Waals surface area contributed by atoms with Crippen molar-refractivity contribution in [1.29, 1.82) is 0 Å². The summed E-state index contributed by atoms with van der Waals surface area (Å²) in [6, 6.07) is 14.0. The number of aliphatic imine (C=N–C) groups is 1. The van der Waals surface area contributed by atoms with Gasteiger partial charge < -0.3 is 20.1 Å². The van der Waals surface area contributed by atoms with Gasteiger partial charge in [0.15, 0.2) is 23.3 Å². The lowest BCUT2D eigenvalue weighted by Crippen LogP contribution is -2.36. The van der Waals surface area contributed by atoms with Crippen molar-refractivity contribution in [3.8, 4) is 22.9 Å². The molecule has 1 aliphatic rings. The van der Waals surface area contributed by atoms with Crippen LogP contribution < -0.4 is 20.1 Å². The molecule has 3 aromatic rings. The zero-order valence-electron chi connectivity index (χ0n) is 15.6.